The molecule has 4 rings (SSSR count). The second-order valence-corrected chi connectivity index (χ2v) is 9.32. The lowest BCUT2D eigenvalue weighted by Crippen LogP contribution is -2.24. The Balaban J connectivity index is 1.30. The summed E-state index contributed by atoms with van der Waals surface area (Å²) in [5.41, 5.74) is 2.51. The highest BCUT2D eigenvalue weighted by atomic mass is 32.2. The van der Waals surface area contributed by atoms with Gasteiger partial charge in [-0.1, -0.05) is 55.9 Å². The molecule has 7 heteroatoms. The molecule has 1 aromatic carbocycles. The number of aromatic nitrogens is 2. The first-order chi connectivity index (χ1) is 13.6. The Morgan fingerprint density at radius 2 is 2.07 bits per heavy atom. The van der Waals surface area contributed by atoms with Crippen molar-refractivity contribution in [1.82, 2.24) is 15.1 Å². The number of amides is 1. The van der Waals surface area contributed by atoms with Gasteiger partial charge in [0.25, 0.3) is 11.1 Å². The van der Waals surface area contributed by atoms with E-state index in [-0.39, 0.29) is 5.91 Å². The number of nitrogens with zero attached hydrogens (tertiary/aromatic N) is 3. The second kappa shape index (κ2) is 8.49. The molecule has 3 heterocycles. The van der Waals surface area contributed by atoms with Crippen molar-refractivity contribution in [2.45, 2.75) is 38.0 Å². The number of carbonyl (C=O) groups excluding carboxylic acids is 1. The summed E-state index contributed by atoms with van der Waals surface area (Å²) in [5, 5.41) is 10.8. The Hall–Kier alpha value is -2.12. The summed E-state index contributed by atoms with van der Waals surface area (Å²) in [4.78, 5) is 15.3. The van der Waals surface area contributed by atoms with Crippen LogP contribution in [0.15, 0.2) is 51.4 Å². The van der Waals surface area contributed by atoms with Crippen LogP contribution in [0.5, 0.6) is 0 Å². The van der Waals surface area contributed by atoms with Crippen molar-refractivity contribution in [2.75, 3.05) is 12.3 Å². The zero-order valence-corrected chi connectivity index (χ0v) is 17.6. The predicted octanol–water partition coefficient (Wildman–Crippen LogP) is 5.06. The monoisotopic (exact) mass is 413 g/mol. The van der Waals surface area contributed by atoms with Crippen molar-refractivity contribution in [2.24, 2.45) is 5.92 Å². The standard InChI is InChI=1S/C21H23N3O2S2/c1-14(2)17-7-5-15(6-8-17)11-24-12-16(10-19(24)25)13-28-21-23-22-20(26-21)18-4-3-9-27-18/h3-9,14,16H,10-13H2,1-2H3. The van der Waals surface area contributed by atoms with Gasteiger partial charge < -0.3 is 9.32 Å². The first kappa shape index (κ1) is 19.2. The summed E-state index contributed by atoms with van der Waals surface area (Å²) in [6, 6.07) is 12.5. The van der Waals surface area contributed by atoms with Crippen molar-refractivity contribution in [3.63, 3.8) is 0 Å². The van der Waals surface area contributed by atoms with Gasteiger partial charge in [-0.15, -0.1) is 21.5 Å². The van der Waals surface area contributed by atoms with E-state index in [2.05, 4.69) is 48.3 Å². The third-order valence-electron chi connectivity index (χ3n) is 4.90. The molecule has 1 atom stereocenters. The summed E-state index contributed by atoms with van der Waals surface area (Å²) in [5.74, 6) is 2.42. The van der Waals surface area contributed by atoms with Gasteiger partial charge in [0.2, 0.25) is 5.91 Å². The molecule has 1 amide bonds. The highest BCUT2D eigenvalue weighted by Gasteiger charge is 2.30. The second-order valence-electron chi connectivity index (χ2n) is 7.40. The molecule has 2 aromatic heterocycles. The SMILES string of the molecule is CC(C)c1ccc(CN2CC(CSc3nnc(-c4cccs4)o3)CC2=O)cc1. The predicted molar refractivity (Wildman–Crippen MR) is 112 cm³/mol. The number of carbonyl (C=O) groups is 1. The molecule has 5 nitrogen and oxygen atoms in total. The normalized spacial score (nSPS) is 17.0. The third-order valence-corrected chi connectivity index (χ3v) is 6.80. The lowest BCUT2D eigenvalue weighted by Gasteiger charge is -2.17. The van der Waals surface area contributed by atoms with Gasteiger partial charge in [-0.3, -0.25) is 4.79 Å². The molecular formula is C21H23N3O2S2. The van der Waals surface area contributed by atoms with Crippen molar-refractivity contribution in [3.05, 3.63) is 52.9 Å². The highest BCUT2D eigenvalue weighted by Crippen LogP contribution is 2.30. The van der Waals surface area contributed by atoms with Gasteiger partial charge >= 0.3 is 0 Å². The van der Waals surface area contributed by atoms with E-state index < -0.39 is 0 Å². The number of hydrogen-bond acceptors (Lipinski definition) is 6. The molecule has 0 aliphatic carbocycles. The van der Waals surface area contributed by atoms with Crippen LogP contribution in [0.25, 0.3) is 10.8 Å². The van der Waals surface area contributed by atoms with Crippen LogP contribution in [0, 0.1) is 5.92 Å². The first-order valence-electron chi connectivity index (χ1n) is 9.45. The van der Waals surface area contributed by atoms with E-state index in [0.29, 0.717) is 35.9 Å². The molecular weight excluding hydrogens is 390 g/mol. The van der Waals surface area contributed by atoms with Gasteiger partial charge in [0.15, 0.2) is 0 Å². The van der Waals surface area contributed by atoms with Crippen molar-refractivity contribution in [3.8, 4) is 10.8 Å². The topological polar surface area (TPSA) is 59.2 Å². The van der Waals surface area contributed by atoms with Crippen LogP contribution < -0.4 is 0 Å². The number of thiophene rings is 1. The van der Waals surface area contributed by atoms with Gasteiger partial charge in [0, 0.05) is 25.3 Å². The maximum atomic E-state index is 12.4. The molecule has 28 heavy (non-hydrogen) atoms. The van der Waals surface area contributed by atoms with Gasteiger partial charge in [-0.05, 0) is 34.4 Å². The average Bonchev–Trinajstić information content (AvgIpc) is 3.42. The number of thioether (sulfide) groups is 1. The smallest absolute Gasteiger partial charge is 0.276 e. The van der Waals surface area contributed by atoms with Crippen LogP contribution in [-0.4, -0.2) is 33.3 Å². The summed E-state index contributed by atoms with van der Waals surface area (Å²) < 4.78 is 5.72. The molecule has 0 N–H and O–H groups in total. The molecule has 1 saturated heterocycles. The molecule has 0 radical (unpaired) electrons. The van der Waals surface area contributed by atoms with Crippen LogP contribution >= 0.6 is 23.1 Å². The Bertz CT molecular complexity index is 920. The Morgan fingerprint density at radius 3 is 2.79 bits per heavy atom. The maximum Gasteiger partial charge on any atom is 0.276 e. The fourth-order valence-corrected chi connectivity index (χ4v) is 4.79. The van der Waals surface area contributed by atoms with E-state index in [1.165, 1.54) is 22.9 Å². The summed E-state index contributed by atoms with van der Waals surface area (Å²) >= 11 is 3.12. The van der Waals surface area contributed by atoms with Gasteiger partial charge in [0.05, 0.1) is 4.88 Å². The van der Waals surface area contributed by atoms with E-state index >= 15 is 0 Å². The average molecular weight is 414 g/mol. The molecule has 146 valence electrons. The Kier molecular flexibility index (Phi) is 5.82. The van der Waals surface area contributed by atoms with E-state index in [0.717, 1.165) is 17.2 Å². The minimum atomic E-state index is 0.225. The highest BCUT2D eigenvalue weighted by molar-refractivity contribution is 7.99. The Morgan fingerprint density at radius 1 is 1.25 bits per heavy atom. The largest absolute Gasteiger partial charge is 0.410 e. The van der Waals surface area contributed by atoms with Crippen molar-refractivity contribution in [1.29, 1.82) is 0 Å². The molecule has 1 aliphatic heterocycles. The Labute approximate surface area is 173 Å². The fourth-order valence-electron chi connectivity index (χ4n) is 3.30. The van der Waals surface area contributed by atoms with Crippen molar-refractivity contribution < 1.29 is 9.21 Å². The van der Waals surface area contributed by atoms with E-state index in [4.69, 9.17) is 4.42 Å². The number of benzene rings is 1. The van der Waals surface area contributed by atoms with Crippen LogP contribution in [0.4, 0.5) is 0 Å². The van der Waals surface area contributed by atoms with Crippen LogP contribution in [-0.2, 0) is 11.3 Å². The number of rotatable bonds is 7. The molecule has 0 saturated carbocycles. The minimum Gasteiger partial charge on any atom is -0.410 e. The molecule has 0 bridgehead atoms. The number of hydrogen-bond donors (Lipinski definition) is 0. The van der Waals surface area contributed by atoms with Gasteiger partial charge in [0.1, 0.15) is 0 Å². The molecule has 0 spiro atoms. The third kappa shape index (κ3) is 4.47. The van der Waals surface area contributed by atoms with Crippen LogP contribution in [0.2, 0.25) is 0 Å². The van der Waals surface area contributed by atoms with Gasteiger partial charge in [-0.2, -0.15) is 0 Å². The first-order valence-corrected chi connectivity index (χ1v) is 11.3. The molecule has 1 aliphatic rings. The summed E-state index contributed by atoms with van der Waals surface area (Å²) in [6.07, 6.45) is 0.586. The molecule has 3 aromatic rings. The zero-order chi connectivity index (χ0) is 19.5. The van der Waals surface area contributed by atoms with E-state index in [1.54, 1.807) is 11.3 Å². The van der Waals surface area contributed by atoms with E-state index in [9.17, 15) is 4.79 Å². The molecule has 1 fully saturated rings. The molecule has 1 unspecified atom stereocenters. The van der Waals surface area contributed by atoms with E-state index in [1.807, 2.05) is 22.4 Å². The lowest BCUT2D eigenvalue weighted by atomic mass is 10.0. The maximum absolute atomic E-state index is 12.4. The van der Waals surface area contributed by atoms with Crippen molar-refractivity contribution >= 4 is 29.0 Å². The summed E-state index contributed by atoms with van der Waals surface area (Å²) in [6.45, 7) is 5.84. The minimum absolute atomic E-state index is 0.225. The van der Waals surface area contributed by atoms with Gasteiger partial charge in [-0.25, -0.2) is 0 Å². The van der Waals surface area contributed by atoms with Crippen LogP contribution in [0.1, 0.15) is 37.3 Å². The fraction of sp³-hybridized carbons (Fsp3) is 0.381. The van der Waals surface area contributed by atoms with Crippen LogP contribution in [0.3, 0.4) is 0 Å². The number of likely N-dealkylation sites (tertiary alicyclic amines) is 1. The zero-order valence-electron chi connectivity index (χ0n) is 16.0. The summed E-state index contributed by atoms with van der Waals surface area (Å²) in [7, 11) is 0. The quantitative estimate of drug-likeness (QED) is 0.507. The lowest BCUT2D eigenvalue weighted by molar-refractivity contribution is -0.128.